The number of benzene rings is 1. The number of hydrogen-bond acceptors (Lipinski definition) is 5. The van der Waals surface area contributed by atoms with Gasteiger partial charge in [0.1, 0.15) is 18.9 Å². The Bertz CT molecular complexity index is 797. The monoisotopic (exact) mass is 380 g/mol. The van der Waals surface area contributed by atoms with Gasteiger partial charge in [0.15, 0.2) is 0 Å². The maximum Gasteiger partial charge on any atom is 0.150 e. The average Bonchev–Trinajstić information content (AvgIpc) is 2.74. The third kappa shape index (κ3) is 4.47. The second kappa shape index (κ2) is 9.60. The molecule has 0 bridgehead atoms. The minimum atomic E-state index is -0.331. The molecule has 28 heavy (non-hydrogen) atoms. The van der Waals surface area contributed by atoms with Gasteiger partial charge >= 0.3 is 0 Å². The van der Waals surface area contributed by atoms with E-state index in [4.69, 9.17) is 0 Å². The molecule has 0 fully saturated rings. The molecule has 1 aliphatic heterocycles. The third-order valence-electron chi connectivity index (χ3n) is 5.77. The van der Waals surface area contributed by atoms with Crippen LogP contribution in [0, 0.1) is 0 Å². The molecule has 0 saturated carbocycles. The van der Waals surface area contributed by atoms with Gasteiger partial charge in [0.25, 0.3) is 0 Å². The largest absolute Gasteiger partial charge is 0.388 e. The lowest BCUT2D eigenvalue weighted by atomic mass is 9.81. The second-order valence-corrected chi connectivity index (χ2v) is 7.58. The topological polar surface area (TPSA) is 66.5 Å². The van der Waals surface area contributed by atoms with E-state index in [2.05, 4.69) is 29.6 Å². The van der Waals surface area contributed by atoms with Crippen LogP contribution in [-0.2, 0) is 16.1 Å². The minimum absolute atomic E-state index is 0.328. The Labute approximate surface area is 166 Å². The summed E-state index contributed by atoms with van der Waals surface area (Å²) in [5.74, 6) is 0.328. The summed E-state index contributed by atoms with van der Waals surface area (Å²) in [6, 6.07) is 5.73. The highest BCUT2D eigenvalue weighted by atomic mass is 16.1. The number of allylic oxidation sites excluding steroid dienone is 4. The molecule has 1 heterocycles. The highest BCUT2D eigenvalue weighted by Crippen LogP contribution is 2.37. The lowest BCUT2D eigenvalue weighted by Crippen LogP contribution is -2.33. The summed E-state index contributed by atoms with van der Waals surface area (Å²) in [6.07, 6.45) is 11.1. The van der Waals surface area contributed by atoms with Crippen molar-refractivity contribution in [2.45, 2.75) is 50.6 Å². The fourth-order valence-electron chi connectivity index (χ4n) is 4.18. The molecular weight excluding hydrogens is 352 g/mol. The van der Waals surface area contributed by atoms with Gasteiger partial charge in [-0.2, -0.15) is 0 Å². The first-order valence-electron chi connectivity index (χ1n) is 9.98. The molecule has 0 aromatic heterocycles. The van der Waals surface area contributed by atoms with Gasteiger partial charge < -0.3 is 14.9 Å². The number of nitrogens with one attached hydrogen (secondary N) is 1. The molecule has 1 aromatic rings. The smallest absolute Gasteiger partial charge is 0.150 e. The summed E-state index contributed by atoms with van der Waals surface area (Å²) in [5.41, 5.74) is 5.48. The van der Waals surface area contributed by atoms with Crippen LogP contribution in [0.4, 0.5) is 0 Å². The normalized spacial score (nSPS) is 19.7. The number of carbonyl (C=O) groups excluding carboxylic acids is 3. The van der Waals surface area contributed by atoms with Gasteiger partial charge in [0, 0.05) is 36.7 Å². The van der Waals surface area contributed by atoms with Crippen LogP contribution in [0.15, 0.2) is 41.6 Å². The summed E-state index contributed by atoms with van der Waals surface area (Å²) in [6.45, 7) is 1.46. The maximum atomic E-state index is 11.6. The van der Waals surface area contributed by atoms with Gasteiger partial charge in [-0.1, -0.05) is 30.4 Å². The Morgan fingerprint density at radius 3 is 2.89 bits per heavy atom. The molecule has 3 rings (SSSR count). The standard InChI is InChI=1S/C23H28N2O3/c1-25(20(16-28)5-4-12-26)14-19-13-17(8-9-18(19)15-27)21-10-11-24-23-7-3-2-6-22(21)23/h2,6,8-9,12-13,15-16,20-21,24H,3-5,7,10-11,14H2,1H3. The second-order valence-electron chi connectivity index (χ2n) is 7.58. The molecule has 2 atom stereocenters. The van der Waals surface area contributed by atoms with E-state index in [0.29, 0.717) is 30.9 Å². The number of likely N-dealkylation sites (N-methyl/N-ethyl adjacent to an activating group) is 1. The highest BCUT2D eigenvalue weighted by molar-refractivity contribution is 5.77. The van der Waals surface area contributed by atoms with Gasteiger partial charge in [-0.25, -0.2) is 0 Å². The Kier molecular flexibility index (Phi) is 6.93. The molecule has 5 nitrogen and oxygen atoms in total. The van der Waals surface area contributed by atoms with Crippen LogP contribution in [0.3, 0.4) is 0 Å². The third-order valence-corrected chi connectivity index (χ3v) is 5.77. The Morgan fingerprint density at radius 1 is 1.29 bits per heavy atom. The molecule has 148 valence electrons. The molecule has 0 radical (unpaired) electrons. The lowest BCUT2D eigenvalue weighted by molar-refractivity contribution is -0.113. The number of nitrogens with zero attached hydrogens (tertiary/aromatic N) is 1. The first-order chi connectivity index (χ1) is 13.7. The predicted molar refractivity (Wildman–Crippen MR) is 109 cm³/mol. The Morgan fingerprint density at radius 2 is 2.14 bits per heavy atom. The van der Waals surface area contributed by atoms with Gasteiger partial charge in [-0.05, 0) is 49.4 Å². The number of rotatable bonds is 9. The van der Waals surface area contributed by atoms with Crippen molar-refractivity contribution in [3.8, 4) is 0 Å². The van der Waals surface area contributed by atoms with Crippen LogP contribution in [-0.4, -0.2) is 43.4 Å². The summed E-state index contributed by atoms with van der Waals surface area (Å²) >= 11 is 0. The predicted octanol–water partition coefficient (Wildman–Crippen LogP) is 3.16. The van der Waals surface area contributed by atoms with E-state index in [0.717, 1.165) is 50.2 Å². The molecule has 2 unspecified atom stereocenters. The maximum absolute atomic E-state index is 11.6. The van der Waals surface area contributed by atoms with Crippen molar-refractivity contribution in [3.05, 3.63) is 58.3 Å². The SMILES string of the molecule is CN(Cc1cc(C2CCNC3=C2C=CCC3)ccc1C=O)C(C=O)CCC=O. The van der Waals surface area contributed by atoms with E-state index in [1.807, 2.05) is 18.0 Å². The molecule has 1 aromatic carbocycles. The minimum Gasteiger partial charge on any atom is -0.388 e. The van der Waals surface area contributed by atoms with Crippen molar-refractivity contribution in [2.24, 2.45) is 0 Å². The van der Waals surface area contributed by atoms with E-state index in [1.54, 1.807) is 0 Å². The summed E-state index contributed by atoms with van der Waals surface area (Å²) in [7, 11) is 1.86. The Hall–Kier alpha value is -2.53. The Balaban J connectivity index is 1.86. The highest BCUT2D eigenvalue weighted by Gasteiger charge is 2.25. The van der Waals surface area contributed by atoms with Crippen LogP contribution in [0.25, 0.3) is 0 Å². The first-order valence-corrected chi connectivity index (χ1v) is 9.98. The molecule has 1 aliphatic carbocycles. The van der Waals surface area contributed by atoms with Crippen LogP contribution >= 0.6 is 0 Å². The van der Waals surface area contributed by atoms with Crippen LogP contribution < -0.4 is 5.32 Å². The molecule has 2 aliphatic rings. The van der Waals surface area contributed by atoms with Crippen LogP contribution in [0.1, 0.15) is 59.5 Å². The van der Waals surface area contributed by atoms with Gasteiger partial charge in [-0.3, -0.25) is 9.69 Å². The van der Waals surface area contributed by atoms with Crippen molar-refractivity contribution in [2.75, 3.05) is 13.6 Å². The van der Waals surface area contributed by atoms with E-state index < -0.39 is 0 Å². The van der Waals surface area contributed by atoms with Crippen LogP contribution in [0.5, 0.6) is 0 Å². The quantitative estimate of drug-likeness (QED) is 0.667. The van der Waals surface area contributed by atoms with E-state index in [9.17, 15) is 14.4 Å². The number of hydrogen-bond donors (Lipinski definition) is 1. The van der Waals surface area contributed by atoms with E-state index in [1.165, 1.54) is 16.8 Å². The van der Waals surface area contributed by atoms with Crippen molar-refractivity contribution in [3.63, 3.8) is 0 Å². The number of carbonyl (C=O) groups is 3. The summed E-state index contributed by atoms with van der Waals surface area (Å²) < 4.78 is 0. The van der Waals surface area contributed by atoms with Crippen molar-refractivity contribution in [1.29, 1.82) is 0 Å². The van der Waals surface area contributed by atoms with Crippen LogP contribution in [0.2, 0.25) is 0 Å². The van der Waals surface area contributed by atoms with E-state index >= 15 is 0 Å². The fourth-order valence-corrected chi connectivity index (χ4v) is 4.18. The zero-order valence-corrected chi connectivity index (χ0v) is 16.4. The van der Waals surface area contributed by atoms with Gasteiger partial charge in [-0.15, -0.1) is 0 Å². The van der Waals surface area contributed by atoms with Gasteiger partial charge in [0.2, 0.25) is 0 Å². The summed E-state index contributed by atoms with van der Waals surface area (Å²) in [4.78, 5) is 35.6. The van der Waals surface area contributed by atoms with Crippen molar-refractivity contribution < 1.29 is 14.4 Å². The number of aldehydes is 3. The molecule has 5 heteroatoms. The van der Waals surface area contributed by atoms with Crippen molar-refractivity contribution in [1.82, 2.24) is 10.2 Å². The molecule has 0 amide bonds. The fraction of sp³-hybridized carbons (Fsp3) is 0.435. The average molecular weight is 380 g/mol. The first kappa shape index (κ1) is 20.2. The zero-order valence-electron chi connectivity index (χ0n) is 16.4. The zero-order chi connectivity index (χ0) is 19.9. The summed E-state index contributed by atoms with van der Waals surface area (Å²) in [5, 5.41) is 3.53. The van der Waals surface area contributed by atoms with Crippen molar-refractivity contribution >= 4 is 18.9 Å². The van der Waals surface area contributed by atoms with E-state index in [-0.39, 0.29) is 6.04 Å². The lowest BCUT2D eigenvalue weighted by Gasteiger charge is -2.31. The molecular formula is C23H28N2O3. The molecule has 0 saturated heterocycles. The molecule has 1 N–H and O–H groups in total. The van der Waals surface area contributed by atoms with Gasteiger partial charge in [0.05, 0.1) is 6.04 Å². The molecule has 0 spiro atoms.